The van der Waals surface area contributed by atoms with E-state index in [1.165, 1.54) is 0 Å². The maximum Gasteiger partial charge on any atom is 0.395 e. The first-order chi connectivity index (χ1) is 9.11. The van der Waals surface area contributed by atoms with Crippen molar-refractivity contribution in [3.8, 4) is 0 Å². The van der Waals surface area contributed by atoms with E-state index in [0.717, 1.165) is 10.5 Å². The van der Waals surface area contributed by atoms with Crippen molar-refractivity contribution < 1.29 is 19.4 Å². The van der Waals surface area contributed by atoms with Gasteiger partial charge in [0, 0.05) is 12.3 Å². The summed E-state index contributed by atoms with van der Waals surface area (Å²) in [4.78, 5) is 23.7. The highest BCUT2D eigenvalue weighted by Crippen LogP contribution is 2.19. The molecule has 0 saturated heterocycles. The quantitative estimate of drug-likeness (QED) is 0.651. The highest BCUT2D eigenvalue weighted by atomic mass is 16.5. The van der Waals surface area contributed by atoms with Crippen LogP contribution in [-0.4, -0.2) is 35.2 Å². The van der Waals surface area contributed by atoms with Crippen molar-refractivity contribution in [2.24, 2.45) is 0 Å². The van der Waals surface area contributed by atoms with E-state index >= 15 is 0 Å². The number of ether oxygens (including phenoxy) is 1. The molecular formula is C14H17NO4. The van der Waals surface area contributed by atoms with Crippen molar-refractivity contribution >= 4 is 17.6 Å². The Balaban J connectivity index is 3.07. The van der Waals surface area contributed by atoms with Crippen LogP contribution < -0.4 is 0 Å². The number of hydrogen-bond donors (Lipinski definition) is 1. The number of hydrogen-bond acceptors (Lipinski definition) is 3. The highest BCUT2D eigenvalue weighted by Gasteiger charge is 2.24. The summed E-state index contributed by atoms with van der Waals surface area (Å²) in [6.07, 6.45) is 1.69. The zero-order valence-corrected chi connectivity index (χ0v) is 11.0. The molecule has 0 aromatic heterocycles. The molecule has 0 fully saturated rings. The van der Waals surface area contributed by atoms with Crippen molar-refractivity contribution in [1.29, 1.82) is 0 Å². The van der Waals surface area contributed by atoms with Crippen LogP contribution in [0.5, 0.6) is 0 Å². The van der Waals surface area contributed by atoms with Gasteiger partial charge in [-0.2, -0.15) is 0 Å². The second-order valence-electron chi connectivity index (χ2n) is 3.70. The molecule has 1 N–H and O–H groups in total. The fraction of sp³-hybridized carbons (Fsp3) is 0.286. The average molecular weight is 263 g/mol. The lowest BCUT2D eigenvalue weighted by molar-refractivity contribution is -0.156. The molecule has 0 aliphatic heterocycles. The molecule has 0 spiro atoms. The summed E-state index contributed by atoms with van der Waals surface area (Å²) < 4.78 is 5.17. The van der Waals surface area contributed by atoms with Gasteiger partial charge in [-0.1, -0.05) is 36.4 Å². The first kappa shape index (κ1) is 14.9. The summed E-state index contributed by atoms with van der Waals surface area (Å²) in [6.45, 7) is 3.84. The Morgan fingerprint density at radius 2 is 1.95 bits per heavy atom. The molecule has 1 amide bonds. The van der Waals surface area contributed by atoms with Crippen LogP contribution in [0.3, 0.4) is 0 Å². The molecule has 0 heterocycles. The first-order valence-electron chi connectivity index (χ1n) is 5.96. The molecule has 0 bridgehead atoms. The second-order valence-corrected chi connectivity index (χ2v) is 3.70. The highest BCUT2D eigenvalue weighted by molar-refractivity contribution is 6.32. The fourth-order valence-corrected chi connectivity index (χ4v) is 1.62. The van der Waals surface area contributed by atoms with E-state index in [4.69, 9.17) is 9.84 Å². The van der Waals surface area contributed by atoms with E-state index in [9.17, 15) is 9.59 Å². The van der Waals surface area contributed by atoms with Crippen LogP contribution in [0.25, 0.3) is 5.70 Å². The van der Waals surface area contributed by atoms with E-state index in [1.54, 1.807) is 19.9 Å². The number of rotatable bonds is 5. The monoisotopic (exact) mass is 263 g/mol. The fourth-order valence-electron chi connectivity index (χ4n) is 1.62. The summed E-state index contributed by atoms with van der Waals surface area (Å²) in [5.41, 5.74) is 1.28. The lowest BCUT2D eigenvalue weighted by Gasteiger charge is -2.23. The minimum atomic E-state index is -1.50. The third-order valence-corrected chi connectivity index (χ3v) is 2.49. The predicted molar refractivity (Wildman–Crippen MR) is 71.1 cm³/mol. The Bertz CT molecular complexity index is 468. The van der Waals surface area contributed by atoms with Gasteiger partial charge in [0.1, 0.15) is 6.73 Å². The van der Waals surface area contributed by atoms with Crippen LogP contribution in [0.1, 0.15) is 19.4 Å². The topological polar surface area (TPSA) is 66.8 Å². The average Bonchev–Trinajstić information content (AvgIpc) is 2.43. The zero-order valence-electron chi connectivity index (χ0n) is 11.0. The third kappa shape index (κ3) is 3.93. The zero-order chi connectivity index (χ0) is 14.3. The maximum atomic E-state index is 11.7. The summed E-state index contributed by atoms with van der Waals surface area (Å²) in [7, 11) is 0. The lowest BCUT2D eigenvalue weighted by atomic mass is 10.1. The summed E-state index contributed by atoms with van der Waals surface area (Å²) in [6, 6.07) is 9.11. The molecule has 19 heavy (non-hydrogen) atoms. The summed E-state index contributed by atoms with van der Waals surface area (Å²) >= 11 is 0. The second kappa shape index (κ2) is 7.33. The molecule has 102 valence electrons. The van der Waals surface area contributed by atoms with E-state index in [0.29, 0.717) is 12.3 Å². The Morgan fingerprint density at radius 1 is 1.32 bits per heavy atom. The van der Waals surface area contributed by atoms with Gasteiger partial charge in [0.25, 0.3) is 0 Å². The molecule has 1 aromatic carbocycles. The Hall–Kier alpha value is -2.14. The van der Waals surface area contributed by atoms with Crippen molar-refractivity contribution in [1.82, 2.24) is 4.90 Å². The number of benzene rings is 1. The van der Waals surface area contributed by atoms with Gasteiger partial charge in [0.2, 0.25) is 0 Å². The minimum Gasteiger partial charge on any atom is -0.474 e. The van der Waals surface area contributed by atoms with Crippen molar-refractivity contribution in [2.75, 3.05) is 13.3 Å². The first-order valence-corrected chi connectivity index (χ1v) is 5.96. The normalized spacial score (nSPS) is 11.2. The Labute approximate surface area is 112 Å². The number of nitrogens with zero attached hydrogens (tertiary/aromatic N) is 1. The molecule has 1 aromatic rings. The van der Waals surface area contributed by atoms with Gasteiger partial charge in [0.05, 0.1) is 0 Å². The molecule has 5 heteroatoms. The molecule has 1 rings (SSSR count). The number of allylic oxidation sites excluding steroid dienone is 1. The molecule has 0 aliphatic carbocycles. The number of carbonyl (C=O) groups is 2. The van der Waals surface area contributed by atoms with Gasteiger partial charge < -0.3 is 9.84 Å². The standard InChI is InChI=1S/C14H17NO4/c1-3-12(11-8-6-5-7-9-11)15(10-19-4-2)13(16)14(17)18/h3,5-9H,4,10H2,1-2H3,(H,17,18). The predicted octanol–water partition coefficient (Wildman–Crippen LogP) is 1.95. The molecule has 5 nitrogen and oxygen atoms in total. The Morgan fingerprint density at radius 3 is 2.42 bits per heavy atom. The smallest absolute Gasteiger partial charge is 0.395 e. The van der Waals surface area contributed by atoms with Crippen LogP contribution >= 0.6 is 0 Å². The van der Waals surface area contributed by atoms with Gasteiger partial charge in [-0.25, -0.2) is 4.79 Å². The van der Waals surface area contributed by atoms with Crippen LogP contribution in [0, 0.1) is 0 Å². The molecule has 0 unspecified atom stereocenters. The number of carbonyl (C=O) groups excluding carboxylic acids is 1. The van der Waals surface area contributed by atoms with Gasteiger partial charge in [0.15, 0.2) is 0 Å². The van der Waals surface area contributed by atoms with Crippen LogP contribution in [0.2, 0.25) is 0 Å². The number of carboxylic acid groups (broad SMARTS) is 1. The molecule has 0 saturated carbocycles. The molecule has 0 radical (unpaired) electrons. The van der Waals surface area contributed by atoms with E-state index in [2.05, 4.69) is 0 Å². The largest absolute Gasteiger partial charge is 0.474 e. The van der Waals surface area contributed by atoms with Crippen molar-refractivity contribution in [2.45, 2.75) is 13.8 Å². The van der Waals surface area contributed by atoms with Gasteiger partial charge in [-0.15, -0.1) is 0 Å². The molecule has 0 aliphatic rings. The van der Waals surface area contributed by atoms with Gasteiger partial charge in [-0.3, -0.25) is 9.69 Å². The molecular weight excluding hydrogens is 246 g/mol. The lowest BCUT2D eigenvalue weighted by Crippen LogP contribution is -2.36. The van der Waals surface area contributed by atoms with Crippen molar-refractivity contribution in [3.05, 3.63) is 42.0 Å². The van der Waals surface area contributed by atoms with Crippen molar-refractivity contribution in [3.63, 3.8) is 0 Å². The summed E-state index contributed by atoms with van der Waals surface area (Å²) in [5, 5.41) is 8.87. The van der Waals surface area contributed by atoms with E-state index in [1.807, 2.05) is 30.3 Å². The van der Waals surface area contributed by atoms with E-state index in [-0.39, 0.29) is 6.73 Å². The van der Waals surface area contributed by atoms with E-state index < -0.39 is 11.9 Å². The minimum absolute atomic E-state index is 0.0871. The number of amides is 1. The third-order valence-electron chi connectivity index (χ3n) is 2.49. The SMILES string of the molecule is CC=C(c1ccccc1)N(COCC)C(=O)C(=O)O. The van der Waals surface area contributed by atoms with Gasteiger partial charge >= 0.3 is 11.9 Å². The van der Waals surface area contributed by atoms with Crippen LogP contribution in [-0.2, 0) is 14.3 Å². The molecule has 0 atom stereocenters. The van der Waals surface area contributed by atoms with Crippen LogP contribution in [0.15, 0.2) is 36.4 Å². The Kier molecular flexibility index (Phi) is 5.75. The summed E-state index contributed by atoms with van der Waals surface area (Å²) in [5.74, 6) is -2.51. The number of aliphatic carboxylic acids is 1. The maximum absolute atomic E-state index is 11.7. The van der Waals surface area contributed by atoms with Crippen LogP contribution in [0.4, 0.5) is 0 Å². The number of carboxylic acids is 1. The van der Waals surface area contributed by atoms with Gasteiger partial charge in [-0.05, 0) is 19.4 Å².